The maximum atomic E-state index is 8.86. The number of hydrogen-bond donors (Lipinski definition) is 0. The minimum Gasteiger partial charge on any atom is -0.197 e. The molecule has 1 aliphatic carbocycles. The van der Waals surface area contributed by atoms with Crippen molar-refractivity contribution in [2.45, 2.75) is 33.0 Å². The van der Waals surface area contributed by atoms with E-state index in [1.807, 2.05) is 0 Å². The predicted octanol–water partition coefficient (Wildman–Crippen LogP) is 3.06. The normalized spacial score (nSPS) is 37.0. The van der Waals surface area contributed by atoms with Crippen LogP contribution < -0.4 is 0 Å². The van der Waals surface area contributed by atoms with Crippen LogP contribution in [-0.2, 0) is 21.1 Å². The molecule has 1 nitrogen and oxygen atoms in total. The largest absolute Gasteiger partial charge is 0.197 e. The topological polar surface area (TPSA) is 23.8 Å². The molecule has 4 heteroatoms. The molecule has 0 heterocycles. The second kappa shape index (κ2) is 5.39. The molecule has 1 fully saturated rings. The molecule has 0 aromatic rings. The third-order valence-electron chi connectivity index (χ3n) is 1.93. The summed E-state index contributed by atoms with van der Waals surface area (Å²) < 4.78 is 0.501. The average Bonchev–Trinajstić information content (AvgIpc) is 1.96. The van der Waals surface area contributed by atoms with Gasteiger partial charge in [-0.1, -0.05) is 58.0 Å². The summed E-state index contributed by atoms with van der Waals surface area (Å²) in [7, 11) is 0. The fraction of sp³-hybridized carbons (Fsp3) is 0.857. The van der Waals surface area contributed by atoms with Crippen LogP contribution >= 0.6 is 45.2 Å². The van der Waals surface area contributed by atoms with Gasteiger partial charge < -0.3 is 0 Å². The fourth-order valence-corrected chi connectivity index (χ4v) is 2.80. The molecule has 1 aliphatic rings. The van der Waals surface area contributed by atoms with E-state index < -0.39 is 0 Å². The molecule has 66 valence electrons. The van der Waals surface area contributed by atoms with Gasteiger partial charge in [0.1, 0.15) is 3.42 Å². The zero-order chi connectivity index (χ0) is 7.61. The van der Waals surface area contributed by atoms with Gasteiger partial charge in [0.05, 0.1) is 6.07 Å². The standard InChI is InChI=1S/C7H9I2N.Pt/c8-6-3-1-2-4-7(6,9)5-10;/h6H,1-4H2;. The summed E-state index contributed by atoms with van der Waals surface area (Å²) in [6.45, 7) is 0. The van der Waals surface area contributed by atoms with Gasteiger partial charge in [-0.15, -0.1) is 0 Å². The summed E-state index contributed by atoms with van der Waals surface area (Å²) in [6, 6.07) is 2.41. The first-order valence-electron chi connectivity index (χ1n) is 3.43. The van der Waals surface area contributed by atoms with Crippen molar-refractivity contribution in [3.05, 3.63) is 0 Å². The van der Waals surface area contributed by atoms with E-state index in [1.54, 1.807) is 0 Å². The predicted molar refractivity (Wildman–Crippen MR) is 58.6 cm³/mol. The number of nitriles is 1. The van der Waals surface area contributed by atoms with Crippen LogP contribution in [0.2, 0.25) is 0 Å². The van der Waals surface area contributed by atoms with Gasteiger partial charge in [0, 0.05) is 25.0 Å². The van der Waals surface area contributed by atoms with Crippen LogP contribution in [0.4, 0.5) is 0 Å². The SMILES string of the molecule is N#CC1(I)CCCCC1I.[Pt]. The first kappa shape index (κ1) is 12.6. The number of alkyl halides is 2. The molecular formula is C7H9I2NPt. The molecule has 2 atom stereocenters. The van der Waals surface area contributed by atoms with Gasteiger partial charge in [-0.25, -0.2) is 0 Å². The third-order valence-corrected chi connectivity index (χ3v) is 6.34. The Bertz CT molecular complexity index is 168. The molecule has 1 rings (SSSR count). The minimum absolute atomic E-state index is 0. The Morgan fingerprint density at radius 3 is 2.45 bits per heavy atom. The molecule has 0 aromatic heterocycles. The molecule has 0 N–H and O–H groups in total. The van der Waals surface area contributed by atoms with Gasteiger partial charge in [-0.05, 0) is 12.8 Å². The van der Waals surface area contributed by atoms with E-state index in [0.717, 1.165) is 6.42 Å². The van der Waals surface area contributed by atoms with E-state index in [0.29, 0.717) is 3.92 Å². The molecule has 0 aliphatic heterocycles. The second-order valence-electron chi connectivity index (χ2n) is 2.69. The summed E-state index contributed by atoms with van der Waals surface area (Å²) in [5.74, 6) is 0. The second-order valence-corrected chi connectivity index (χ2v) is 6.12. The van der Waals surface area contributed by atoms with Gasteiger partial charge >= 0.3 is 0 Å². The van der Waals surface area contributed by atoms with E-state index >= 15 is 0 Å². The Balaban J connectivity index is 0.000001000. The van der Waals surface area contributed by atoms with Crippen molar-refractivity contribution < 1.29 is 21.1 Å². The minimum atomic E-state index is -0.0590. The number of rotatable bonds is 0. The summed E-state index contributed by atoms with van der Waals surface area (Å²) >= 11 is 4.72. The summed E-state index contributed by atoms with van der Waals surface area (Å²) in [4.78, 5) is 0. The van der Waals surface area contributed by atoms with Crippen molar-refractivity contribution in [1.82, 2.24) is 0 Å². The molecular weight excluding hydrogens is 547 g/mol. The quantitative estimate of drug-likeness (QED) is 0.333. The summed E-state index contributed by atoms with van der Waals surface area (Å²) in [6.07, 6.45) is 4.84. The zero-order valence-electron chi connectivity index (χ0n) is 5.93. The van der Waals surface area contributed by atoms with Crippen LogP contribution in [0.25, 0.3) is 0 Å². The van der Waals surface area contributed by atoms with E-state index in [9.17, 15) is 0 Å². The smallest absolute Gasteiger partial charge is 0.120 e. The van der Waals surface area contributed by atoms with Gasteiger partial charge in [0.2, 0.25) is 0 Å². The molecule has 0 bridgehead atoms. The van der Waals surface area contributed by atoms with Gasteiger partial charge in [-0.2, -0.15) is 5.26 Å². The molecule has 0 spiro atoms. The van der Waals surface area contributed by atoms with E-state index in [-0.39, 0.29) is 24.5 Å². The Morgan fingerprint density at radius 1 is 1.45 bits per heavy atom. The molecule has 0 aromatic carbocycles. The molecule has 1 saturated carbocycles. The maximum absolute atomic E-state index is 8.86. The van der Waals surface area contributed by atoms with Gasteiger partial charge in [0.15, 0.2) is 0 Å². The fourth-order valence-electron chi connectivity index (χ4n) is 1.22. The van der Waals surface area contributed by atoms with E-state index in [1.165, 1.54) is 19.3 Å². The Labute approximate surface area is 109 Å². The van der Waals surface area contributed by atoms with Crippen LogP contribution in [0.3, 0.4) is 0 Å². The van der Waals surface area contributed by atoms with Crippen molar-refractivity contribution in [3.8, 4) is 6.07 Å². The Hall–Kier alpha value is 1.64. The average molecular weight is 556 g/mol. The Morgan fingerprint density at radius 2 is 2.09 bits per heavy atom. The maximum Gasteiger partial charge on any atom is 0.120 e. The molecule has 2 unspecified atom stereocenters. The molecule has 0 amide bonds. The summed E-state index contributed by atoms with van der Waals surface area (Å²) in [5, 5.41) is 8.86. The van der Waals surface area contributed by atoms with Crippen molar-refractivity contribution >= 4 is 45.2 Å². The molecule has 0 radical (unpaired) electrons. The zero-order valence-corrected chi connectivity index (χ0v) is 12.5. The Kier molecular flexibility index (Phi) is 6.19. The van der Waals surface area contributed by atoms with Crippen molar-refractivity contribution in [2.24, 2.45) is 0 Å². The van der Waals surface area contributed by atoms with Crippen molar-refractivity contribution in [2.75, 3.05) is 0 Å². The van der Waals surface area contributed by atoms with Gasteiger partial charge in [0.25, 0.3) is 0 Å². The third kappa shape index (κ3) is 3.11. The van der Waals surface area contributed by atoms with E-state index in [4.69, 9.17) is 5.26 Å². The van der Waals surface area contributed by atoms with Crippen molar-refractivity contribution in [3.63, 3.8) is 0 Å². The first-order chi connectivity index (χ1) is 4.69. The van der Waals surface area contributed by atoms with Crippen LogP contribution in [0.1, 0.15) is 25.7 Å². The summed E-state index contributed by atoms with van der Waals surface area (Å²) in [5.41, 5.74) is 0. The monoisotopic (exact) mass is 556 g/mol. The first-order valence-corrected chi connectivity index (χ1v) is 5.76. The van der Waals surface area contributed by atoms with Crippen LogP contribution in [-0.4, -0.2) is 7.35 Å². The number of nitrogens with zero attached hydrogens (tertiary/aromatic N) is 1. The van der Waals surface area contributed by atoms with Gasteiger partial charge in [-0.3, -0.25) is 0 Å². The number of halogens is 2. The number of hydrogen-bond acceptors (Lipinski definition) is 1. The van der Waals surface area contributed by atoms with Crippen LogP contribution in [0.15, 0.2) is 0 Å². The molecule has 11 heavy (non-hydrogen) atoms. The van der Waals surface area contributed by atoms with Crippen LogP contribution in [0, 0.1) is 11.3 Å². The van der Waals surface area contributed by atoms with Crippen molar-refractivity contribution in [1.29, 1.82) is 5.26 Å². The molecule has 0 saturated heterocycles. The van der Waals surface area contributed by atoms with E-state index in [2.05, 4.69) is 51.3 Å². The van der Waals surface area contributed by atoms with Crippen LogP contribution in [0.5, 0.6) is 0 Å².